The van der Waals surface area contributed by atoms with Crippen LogP contribution in [0.3, 0.4) is 0 Å². The number of nitrogens with one attached hydrogen (secondary N) is 1. The van der Waals surface area contributed by atoms with E-state index in [1.165, 1.54) is 17.2 Å². The molecule has 2 N–H and O–H groups in total. The maximum absolute atomic E-state index is 11.2. The number of carboxylic acid groups (broad SMARTS) is 1. The summed E-state index contributed by atoms with van der Waals surface area (Å²) < 4.78 is 5.70. The van der Waals surface area contributed by atoms with Gasteiger partial charge in [0.25, 0.3) is 0 Å². The molecule has 0 heterocycles. The van der Waals surface area contributed by atoms with Crippen molar-refractivity contribution in [1.29, 1.82) is 0 Å². The molecule has 122 valence electrons. The molecule has 4 nitrogen and oxygen atoms in total. The van der Waals surface area contributed by atoms with Crippen LogP contribution in [0.1, 0.15) is 27.9 Å². The van der Waals surface area contributed by atoms with Gasteiger partial charge in [-0.1, -0.05) is 23.7 Å². The Hall–Kier alpha value is -2.20. The van der Waals surface area contributed by atoms with E-state index < -0.39 is 5.97 Å². The molecule has 23 heavy (non-hydrogen) atoms. The van der Waals surface area contributed by atoms with Crippen LogP contribution >= 0.6 is 11.6 Å². The summed E-state index contributed by atoms with van der Waals surface area (Å²) in [6, 6.07) is 10.8. The predicted molar refractivity (Wildman–Crippen MR) is 92.9 cm³/mol. The molecule has 0 unspecified atom stereocenters. The normalized spacial score (nSPS) is 10.4. The van der Waals surface area contributed by atoms with E-state index in [-0.39, 0.29) is 5.56 Å². The van der Waals surface area contributed by atoms with Crippen LogP contribution in [0.5, 0.6) is 5.75 Å². The Labute approximate surface area is 141 Å². The number of anilines is 1. The number of carbonyl (C=O) groups is 1. The van der Waals surface area contributed by atoms with Crippen molar-refractivity contribution in [2.75, 3.05) is 18.5 Å². The van der Waals surface area contributed by atoms with Crippen LogP contribution in [-0.4, -0.2) is 24.2 Å². The van der Waals surface area contributed by atoms with Gasteiger partial charge in [0.2, 0.25) is 0 Å². The van der Waals surface area contributed by atoms with E-state index in [4.69, 9.17) is 21.4 Å². The number of para-hydroxylation sites is 1. The Bertz CT molecular complexity index is 701. The molecular formula is C18H20ClNO3. The molecule has 0 aliphatic carbocycles. The van der Waals surface area contributed by atoms with Gasteiger partial charge in [0.15, 0.2) is 0 Å². The summed E-state index contributed by atoms with van der Waals surface area (Å²) in [5, 5.41) is 12.6. The molecule has 0 bridgehead atoms. The van der Waals surface area contributed by atoms with Gasteiger partial charge in [-0.05, 0) is 55.7 Å². The van der Waals surface area contributed by atoms with E-state index in [0.717, 1.165) is 12.2 Å². The fourth-order valence-corrected chi connectivity index (χ4v) is 2.40. The molecule has 0 spiro atoms. The van der Waals surface area contributed by atoms with Crippen molar-refractivity contribution in [2.45, 2.75) is 20.3 Å². The lowest BCUT2D eigenvalue weighted by Gasteiger charge is -2.12. The van der Waals surface area contributed by atoms with Crippen LogP contribution in [0.15, 0.2) is 36.4 Å². The van der Waals surface area contributed by atoms with Crippen LogP contribution in [0.25, 0.3) is 0 Å². The van der Waals surface area contributed by atoms with Crippen molar-refractivity contribution in [3.05, 3.63) is 58.1 Å². The lowest BCUT2D eigenvalue weighted by atomic mass is 10.1. The SMILES string of the molecule is Cc1ccc(OCCCNc2c(Cl)cccc2C(=O)O)cc1C. The molecule has 0 amide bonds. The fraction of sp³-hybridized carbons (Fsp3) is 0.278. The molecule has 0 aromatic heterocycles. The van der Waals surface area contributed by atoms with Gasteiger partial charge in [0, 0.05) is 6.54 Å². The molecule has 0 fully saturated rings. The summed E-state index contributed by atoms with van der Waals surface area (Å²) >= 11 is 6.06. The van der Waals surface area contributed by atoms with Gasteiger partial charge in [-0.25, -0.2) is 4.79 Å². The van der Waals surface area contributed by atoms with E-state index in [1.807, 2.05) is 18.2 Å². The maximum Gasteiger partial charge on any atom is 0.337 e. The summed E-state index contributed by atoms with van der Waals surface area (Å²) in [4.78, 5) is 11.2. The molecular weight excluding hydrogens is 314 g/mol. The lowest BCUT2D eigenvalue weighted by Crippen LogP contribution is -2.11. The van der Waals surface area contributed by atoms with E-state index in [1.54, 1.807) is 12.1 Å². The second-order valence-electron chi connectivity index (χ2n) is 5.34. The zero-order valence-corrected chi connectivity index (χ0v) is 14.0. The number of aromatic carboxylic acids is 1. The third-order valence-electron chi connectivity index (χ3n) is 3.61. The average Bonchev–Trinajstić information content (AvgIpc) is 2.51. The molecule has 0 saturated carbocycles. The Morgan fingerprint density at radius 2 is 2.00 bits per heavy atom. The summed E-state index contributed by atoms with van der Waals surface area (Å²) in [6.07, 6.45) is 0.733. The second kappa shape index (κ2) is 7.88. The number of rotatable bonds is 7. The van der Waals surface area contributed by atoms with Crippen molar-refractivity contribution < 1.29 is 14.6 Å². The Balaban J connectivity index is 1.84. The highest BCUT2D eigenvalue weighted by atomic mass is 35.5. The molecule has 2 aromatic carbocycles. The Morgan fingerprint density at radius 3 is 2.70 bits per heavy atom. The average molecular weight is 334 g/mol. The zero-order valence-electron chi connectivity index (χ0n) is 13.2. The highest BCUT2D eigenvalue weighted by molar-refractivity contribution is 6.34. The minimum Gasteiger partial charge on any atom is -0.494 e. The number of hydrogen-bond acceptors (Lipinski definition) is 3. The molecule has 0 aliphatic rings. The molecule has 0 saturated heterocycles. The van der Waals surface area contributed by atoms with Crippen LogP contribution in [0, 0.1) is 13.8 Å². The quantitative estimate of drug-likeness (QED) is 0.730. The third kappa shape index (κ3) is 4.63. The van der Waals surface area contributed by atoms with E-state index in [9.17, 15) is 4.79 Å². The predicted octanol–water partition coefficient (Wildman–Crippen LogP) is 4.54. The summed E-state index contributed by atoms with van der Waals surface area (Å²) in [6.45, 7) is 5.23. The summed E-state index contributed by atoms with van der Waals surface area (Å²) in [5.74, 6) is -0.154. The molecule has 5 heteroatoms. The molecule has 2 rings (SSSR count). The fourth-order valence-electron chi connectivity index (χ4n) is 2.16. The first-order valence-electron chi connectivity index (χ1n) is 7.45. The number of ether oxygens (including phenoxy) is 1. The minimum atomic E-state index is -0.999. The topological polar surface area (TPSA) is 58.6 Å². The molecule has 0 radical (unpaired) electrons. The molecule has 2 aromatic rings. The Morgan fingerprint density at radius 1 is 1.22 bits per heavy atom. The van der Waals surface area contributed by atoms with Crippen LogP contribution in [0.2, 0.25) is 5.02 Å². The first-order chi connectivity index (χ1) is 11.0. The van der Waals surface area contributed by atoms with Gasteiger partial charge in [0.05, 0.1) is 22.9 Å². The highest BCUT2D eigenvalue weighted by Gasteiger charge is 2.12. The number of carboxylic acids is 1. The van der Waals surface area contributed by atoms with E-state index in [0.29, 0.717) is 23.9 Å². The monoisotopic (exact) mass is 333 g/mol. The molecule has 0 atom stereocenters. The number of hydrogen-bond donors (Lipinski definition) is 2. The highest BCUT2D eigenvalue weighted by Crippen LogP contribution is 2.26. The minimum absolute atomic E-state index is 0.174. The first-order valence-corrected chi connectivity index (χ1v) is 7.82. The van der Waals surface area contributed by atoms with Gasteiger partial charge in [-0.3, -0.25) is 0 Å². The largest absolute Gasteiger partial charge is 0.494 e. The number of benzene rings is 2. The van der Waals surface area contributed by atoms with Crippen LogP contribution < -0.4 is 10.1 Å². The standard InChI is InChI=1S/C18H20ClNO3/c1-12-7-8-14(11-13(12)2)23-10-4-9-20-17-15(18(21)22)5-3-6-16(17)19/h3,5-8,11,20H,4,9-10H2,1-2H3,(H,21,22). The summed E-state index contributed by atoms with van der Waals surface area (Å²) in [5.41, 5.74) is 3.06. The van der Waals surface area contributed by atoms with Crippen LogP contribution in [-0.2, 0) is 0 Å². The van der Waals surface area contributed by atoms with Crippen molar-refractivity contribution in [3.8, 4) is 5.75 Å². The van der Waals surface area contributed by atoms with Gasteiger partial charge >= 0.3 is 5.97 Å². The maximum atomic E-state index is 11.2. The lowest BCUT2D eigenvalue weighted by molar-refractivity contribution is 0.0698. The first kappa shape index (κ1) is 17.2. The van der Waals surface area contributed by atoms with Gasteiger partial charge in [-0.2, -0.15) is 0 Å². The van der Waals surface area contributed by atoms with Gasteiger partial charge < -0.3 is 15.2 Å². The van der Waals surface area contributed by atoms with E-state index in [2.05, 4.69) is 19.2 Å². The third-order valence-corrected chi connectivity index (χ3v) is 3.93. The van der Waals surface area contributed by atoms with Crippen molar-refractivity contribution in [3.63, 3.8) is 0 Å². The zero-order chi connectivity index (χ0) is 16.8. The smallest absolute Gasteiger partial charge is 0.337 e. The second-order valence-corrected chi connectivity index (χ2v) is 5.75. The Kier molecular flexibility index (Phi) is 5.88. The summed E-state index contributed by atoms with van der Waals surface area (Å²) in [7, 11) is 0. The van der Waals surface area contributed by atoms with Crippen LogP contribution in [0.4, 0.5) is 5.69 Å². The van der Waals surface area contributed by atoms with E-state index >= 15 is 0 Å². The van der Waals surface area contributed by atoms with Crippen molar-refractivity contribution in [1.82, 2.24) is 0 Å². The number of aryl methyl sites for hydroxylation is 2. The number of halogens is 1. The van der Waals surface area contributed by atoms with Crippen molar-refractivity contribution in [2.24, 2.45) is 0 Å². The van der Waals surface area contributed by atoms with Gasteiger partial charge in [-0.15, -0.1) is 0 Å². The van der Waals surface area contributed by atoms with Gasteiger partial charge in [0.1, 0.15) is 5.75 Å². The molecule has 0 aliphatic heterocycles. The van der Waals surface area contributed by atoms with Crippen molar-refractivity contribution >= 4 is 23.3 Å².